The van der Waals surface area contributed by atoms with E-state index in [1.807, 2.05) is 52.8 Å². The average Bonchev–Trinajstić information content (AvgIpc) is 3.53. The number of aliphatic hydroxyl groups excluding tert-OH is 1. The Morgan fingerprint density at radius 1 is 1.00 bits per heavy atom. The average molecular weight is 764 g/mol. The molecule has 0 aliphatic carbocycles. The molecule has 1 amide bonds. The molecule has 0 radical (unpaired) electrons. The number of aromatic nitrogens is 3. The van der Waals surface area contributed by atoms with Gasteiger partial charge in [0.05, 0.1) is 36.9 Å². The summed E-state index contributed by atoms with van der Waals surface area (Å²) >= 11 is 0. The van der Waals surface area contributed by atoms with Crippen LogP contribution in [0.2, 0.25) is 0 Å². The monoisotopic (exact) mass is 763 g/mol. The topological polar surface area (TPSA) is 185 Å². The van der Waals surface area contributed by atoms with Gasteiger partial charge in [0.25, 0.3) is 0 Å². The molecule has 5 rings (SSSR count). The number of nitrogens with one attached hydrogen (secondary N) is 1. The Kier molecular flexibility index (Phi) is 14.1. The van der Waals surface area contributed by atoms with Crippen LogP contribution in [0.5, 0.6) is 5.75 Å². The van der Waals surface area contributed by atoms with E-state index in [0.29, 0.717) is 60.3 Å². The highest BCUT2D eigenvalue weighted by Gasteiger charge is 2.29. The number of benzene rings is 1. The number of nitrogens with zero attached hydrogens (tertiary/aromatic N) is 4. The Morgan fingerprint density at radius 3 is 2.45 bits per heavy atom. The van der Waals surface area contributed by atoms with Gasteiger partial charge in [0.1, 0.15) is 23.9 Å². The van der Waals surface area contributed by atoms with Crippen molar-refractivity contribution in [2.75, 3.05) is 44.4 Å². The lowest BCUT2D eigenvalue weighted by molar-refractivity contribution is -0.243. The molecule has 1 aliphatic heterocycles. The maximum absolute atomic E-state index is 13.4. The first-order valence-corrected chi connectivity index (χ1v) is 18.8. The molecule has 298 valence electrons. The second kappa shape index (κ2) is 18.8. The van der Waals surface area contributed by atoms with Crippen LogP contribution in [0.3, 0.4) is 0 Å². The molecular formula is C40H53N5O10. The Labute approximate surface area is 321 Å². The standard InChI is InChI=1S/C40H53N5O10/c1-24(2)29(22-46)53-32(55-40(5,6)7)23-51-31(48)15-9-14-30(47)42-33(25(3)4)39(49)52-27-12-8-11-26(21-27)36-43-34-28-13-10-16-41-38(28)54-35(34)37(44-36)45-17-19-50-20-18-45/h8,10-13,16,21,24-25,29,32-33,46H,9,14-15,17-20,22-23H2,1-7H3,(H,42,47)/t29?,32?,33-/m0/s1. The Hall–Kier alpha value is -4.70. The van der Waals surface area contributed by atoms with Crippen LogP contribution < -0.4 is 15.0 Å². The summed E-state index contributed by atoms with van der Waals surface area (Å²) in [6.07, 6.45) is 0.460. The van der Waals surface area contributed by atoms with Gasteiger partial charge in [-0.05, 0) is 63.3 Å². The normalized spacial score (nSPS) is 15.3. The lowest BCUT2D eigenvalue weighted by Crippen LogP contribution is -2.46. The summed E-state index contributed by atoms with van der Waals surface area (Å²) in [5.41, 5.74) is 1.67. The van der Waals surface area contributed by atoms with E-state index in [-0.39, 0.29) is 50.1 Å². The number of aliphatic hydroxyl groups is 1. The smallest absolute Gasteiger partial charge is 0.334 e. The van der Waals surface area contributed by atoms with E-state index in [2.05, 4.69) is 15.2 Å². The molecule has 0 saturated carbocycles. The quantitative estimate of drug-likeness (QED) is 0.0812. The van der Waals surface area contributed by atoms with Gasteiger partial charge in [-0.1, -0.05) is 39.8 Å². The summed E-state index contributed by atoms with van der Waals surface area (Å²) in [6, 6.07) is 9.69. The van der Waals surface area contributed by atoms with Crippen LogP contribution in [0.1, 0.15) is 67.7 Å². The number of carbonyl (C=O) groups excluding carboxylic acids is 3. The minimum atomic E-state index is -0.943. The number of furan rings is 1. The third-order valence-corrected chi connectivity index (χ3v) is 8.83. The molecule has 15 heteroatoms. The molecule has 1 aliphatic rings. The lowest BCUT2D eigenvalue weighted by Gasteiger charge is -2.31. The molecule has 1 fully saturated rings. The van der Waals surface area contributed by atoms with Crippen LogP contribution in [-0.4, -0.2) is 101 Å². The summed E-state index contributed by atoms with van der Waals surface area (Å²) in [6.45, 7) is 15.0. The summed E-state index contributed by atoms with van der Waals surface area (Å²) in [4.78, 5) is 55.1. The molecule has 4 aromatic rings. The number of amides is 1. The number of rotatable bonds is 17. The highest BCUT2D eigenvalue weighted by Crippen LogP contribution is 2.35. The fourth-order valence-electron chi connectivity index (χ4n) is 5.93. The minimum absolute atomic E-state index is 0.0110. The third kappa shape index (κ3) is 11.4. The minimum Gasteiger partial charge on any atom is -0.460 e. The predicted molar refractivity (Wildman–Crippen MR) is 204 cm³/mol. The van der Waals surface area contributed by atoms with Gasteiger partial charge < -0.3 is 43.4 Å². The Bertz CT molecular complexity index is 1920. The molecule has 1 aromatic carbocycles. The molecule has 0 spiro atoms. The van der Waals surface area contributed by atoms with E-state index in [0.717, 1.165) is 5.39 Å². The van der Waals surface area contributed by atoms with Crippen molar-refractivity contribution in [2.45, 2.75) is 91.8 Å². The van der Waals surface area contributed by atoms with Crippen LogP contribution in [0, 0.1) is 11.8 Å². The molecule has 15 nitrogen and oxygen atoms in total. The van der Waals surface area contributed by atoms with Crippen molar-refractivity contribution in [1.82, 2.24) is 20.3 Å². The maximum Gasteiger partial charge on any atom is 0.334 e. The number of fused-ring (bicyclic) bond motifs is 3. The number of morpholine rings is 1. The summed E-state index contributed by atoms with van der Waals surface area (Å²) in [7, 11) is 0. The third-order valence-electron chi connectivity index (χ3n) is 8.83. The number of hydrogen-bond acceptors (Lipinski definition) is 14. The fraction of sp³-hybridized carbons (Fsp3) is 0.550. The van der Waals surface area contributed by atoms with Crippen molar-refractivity contribution in [3.05, 3.63) is 42.6 Å². The molecule has 3 aromatic heterocycles. The molecule has 0 bridgehead atoms. The van der Waals surface area contributed by atoms with Crippen molar-refractivity contribution in [2.24, 2.45) is 11.8 Å². The number of pyridine rings is 1. The van der Waals surface area contributed by atoms with Crippen LogP contribution in [-0.2, 0) is 33.3 Å². The molecule has 3 atom stereocenters. The van der Waals surface area contributed by atoms with Gasteiger partial charge in [0, 0.05) is 37.7 Å². The summed E-state index contributed by atoms with van der Waals surface area (Å²) < 4.78 is 34.6. The van der Waals surface area contributed by atoms with Gasteiger partial charge >= 0.3 is 11.9 Å². The van der Waals surface area contributed by atoms with Gasteiger partial charge in [-0.15, -0.1) is 0 Å². The predicted octanol–water partition coefficient (Wildman–Crippen LogP) is 5.21. The van der Waals surface area contributed by atoms with Gasteiger partial charge in [-0.2, -0.15) is 0 Å². The highest BCUT2D eigenvalue weighted by atomic mass is 16.7. The second-order valence-corrected chi connectivity index (χ2v) is 15.1. The van der Waals surface area contributed by atoms with E-state index in [4.69, 9.17) is 38.1 Å². The van der Waals surface area contributed by atoms with Crippen LogP contribution in [0.15, 0.2) is 47.0 Å². The van der Waals surface area contributed by atoms with Crippen molar-refractivity contribution in [3.63, 3.8) is 0 Å². The highest BCUT2D eigenvalue weighted by molar-refractivity contribution is 6.05. The number of esters is 2. The van der Waals surface area contributed by atoms with E-state index in [9.17, 15) is 19.5 Å². The molecule has 55 heavy (non-hydrogen) atoms. The molecular weight excluding hydrogens is 710 g/mol. The maximum atomic E-state index is 13.4. The van der Waals surface area contributed by atoms with Crippen molar-refractivity contribution in [3.8, 4) is 17.1 Å². The molecule has 2 N–H and O–H groups in total. The number of carbonyl (C=O) groups is 3. The van der Waals surface area contributed by atoms with Crippen LogP contribution in [0.4, 0.5) is 5.82 Å². The van der Waals surface area contributed by atoms with Gasteiger partial charge in [-0.3, -0.25) is 9.59 Å². The van der Waals surface area contributed by atoms with Crippen LogP contribution >= 0.6 is 0 Å². The SMILES string of the molecule is CC(C)C(CO)OC(COC(=O)CCCC(=O)N[C@H](C(=O)Oc1cccc(-c2nc(N3CCOCC3)c3oc4ncccc4c3n2)c1)C(C)C)OC(C)(C)C. The number of ether oxygens (including phenoxy) is 5. The Balaban J connectivity index is 1.19. The second-order valence-electron chi connectivity index (χ2n) is 15.1. The first-order chi connectivity index (χ1) is 26.2. The summed E-state index contributed by atoms with van der Waals surface area (Å²) in [5.74, 6) is -0.526. The van der Waals surface area contributed by atoms with Gasteiger partial charge in [0.15, 0.2) is 23.5 Å². The van der Waals surface area contributed by atoms with Gasteiger partial charge in [0.2, 0.25) is 11.6 Å². The number of hydrogen-bond donors (Lipinski definition) is 2. The first kappa shape index (κ1) is 41.5. The zero-order valence-electron chi connectivity index (χ0n) is 32.7. The molecule has 2 unspecified atom stereocenters. The van der Waals surface area contributed by atoms with E-state index in [1.165, 1.54) is 0 Å². The number of anilines is 1. The van der Waals surface area contributed by atoms with E-state index in [1.54, 1.807) is 38.2 Å². The van der Waals surface area contributed by atoms with Gasteiger partial charge in [-0.25, -0.2) is 19.7 Å². The van der Waals surface area contributed by atoms with Crippen molar-refractivity contribution in [1.29, 1.82) is 0 Å². The molecule has 1 saturated heterocycles. The summed E-state index contributed by atoms with van der Waals surface area (Å²) in [5, 5.41) is 13.2. The largest absolute Gasteiger partial charge is 0.460 e. The Morgan fingerprint density at radius 2 is 1.76 bits per heavy atom. The lowest BCUT2D eigenvalue weighted by atomic mass is 10.0. The van der Waals surface area contributed by atoms with Crippen LogP contribution in [0.25, 0.3) is 33.6 Å². The molecule has 4 heterocycles. The van der Waals surface area contributed by atoms with Crippen molar-refractivity contribution >= 4 is 45.9 Å². The zero-order valence-corrected chi connectivity index (χ0v) is 32.7. The fourth-order valence-corrected chi connectivity index (χ4v) is 5.93. The van der Waals surface area contributed by atoms with E-state index >= 15 is 0 Å². The van der Waals surface area contributed by atoms with Crippen molar-refractivity contribution < 1.29 is 47.6 Å². The zero-order chi connectivity index (χ0) is 39.7. The van der Waals surface area contributed by atoms with E-state index < -0.39 is 41.9 Å². The first-order valence-electron chi connectivity index (χ1n) is 18.8.